The summed E-state index contributed by atoms with van der Waals surface area (Å²) >= 11 is 0. The molecule has 1 N–H and O–H groups in total. The minimum atomic E-state index is -1.06. The van der Waals surface area contributed by atoms with E-state index >= 15 is 0 Å². The van der Waals surface area contributed by atoms with Crippen LogP contribution >= 0.6 is 0 Å². The van der Waals surface area contributed by atoms with E-state index < -0.39 is 6.35 Å². The Kier molecular flexibility index (Phi) is 7.53. The van der Waals surface area contributed by atoms with E-state index in [4.69, 9.17) is 9.73 Å². The van der Waals surface area contributed by atoms with Crippen LogP contribution in [-0.4, -0.2) is 52.1 Å². The summed E-state index contributed by atoms with van der Waals surface area (Å²) in [6.07, 6.45) is 2.54. The van der Waals surface area contributed by atoms with E-state index in [1.807, 2.05) is 44.2 Å². The molecule has 2 aromatic rings. The van der Waals surface area contributed by atoms with Crippen molar-refractivity contribution < 1.29 is 14.6 Å². The molecule has 4 rings (SSSR count). The lowest BCUT2D eigenvalue weighted by Crippen LogP contribution is -2.61. The number of nitrogens with zero attached hydrogens (tertiary/aromatic N) is 3. The predicted octanol–water partition coefficient (Wildman–Crippen LogP) is 4.89. The lowest BCUT2D eigenvalue weighted by molar-refractivity contribution is -0.176. The SMILES string of the molecule is CC(=NC1=C(C)C(=O)N(C2CC(OCc3ccccc3)C2)C(O)N1C)/C(C)=C\c1ccc(C)cc1. The van der Waals surface area contributed by atoms with E-state index in [0.29, 0.717) is 30.8 Å². The van der Waals surface area contributed by atoms with E-state index in [9.17, 15) is 9.90 Å². The first-order valence-corrected chi connectivity index (χ1v) is 12.1. The first-order valence-electron chi connectivity index (χ1n) is 12.1. The van der Waals surface area contributed by atoms with Crippen LogP contribution in [0, 0.1) is 6.92 Å². The smallest absolute Gasteiger partial charge is 0.256 e. The Hall–Kier alpha value is -3.22. The molecule has 1 amide bonds. The Labute approximate surface area is 208 Å². The Morgan fingerprint density at radius 1 is 1.09 bits per heavy atom. The van der Waals surface area contributed by atoms with Crippen molar-refractivity contribution in [2.45, 2.75) is 65.6 Å². The van der Waals surface area contributed by atoms with Gasteiger partial charge in [0.25, 0.3) is 5.91 Å². The number of aliphatic imine (C=N–C) groups is 1. The third-order valence-electron chi connectivity index (χ3n) is 6.92. The summed E-state index contributed by atoms with van der Waals surface area (Å²) in [5.41, 5.74) is 5.79. The van der Waals surface area contributed by atoms with Crippen molar-refractivity contribution in [2.75, 3.05) is 7.05 Å². The third kappa shape index (κ3) is 5.55. The van der Waals surface area contributed by atoms with Gasteiger partial charge in [0, 0.05) is 18.8 Å². The number of hydrogen-bond acceptors (Lipinski definition) is 5. The Morgan fingerprint density at radius 2 is 1.74 bits per heavy atom. The molecule has 184 valence electrons. The molecule has 2 aromatic carbocycles. The maximum atomic E-state index is 13.2. The second-order valence-electron chi connectivity index (χ2n) is 9.60. The molecule has 0 spiro atoms. The summed E-state index contributed by atoms with van der Waals surface area (Å²) in [7, 11) is 1.78. The van der Waals surface area contributed by atoms with Crippen molar-refractivity contribution in [3.8, 4) is 0 Å². The van der Waals surface area contributed by atoms with Crippen LogP contribution in [0.4, 0.5) is 0 Å². The van der Waals surface area contributed by atoms with Crippen LogP contribution in [-0.2, 0) is 16.1 Å². The summed E-state index contributed by atoms with van der Waals surface area (Å²) in [6.45, 7) is 8.34. The molecule has 6 heteroatoms. The zero-order valence-electron chi connectivity index (χ0n) is 21.2. The maximum Gasteiger partial charge on any atom is 0.256 e. The normalized spacial score (nSPS) is 23.6. The van der Waals surface area contributed by atoms with Gasteiger partial charge < -0.3 is 14.7 Å². The number of rotatable bonds is 7. The number of amides is 1. The fourth-order valence-corrected chi connectivity index (χ4v) is 4.43. The number of aliphatic hydroxyl groups excluding tert-OH is 1. The zero-order valence-corrected chi connectivity index (χ0v) is 21.2. The number of benzene rings is 2. The van der Waals surface area contributed by atoms with Crippen LogP contribution < -0.4 is 0 Å². The molecule has 6 nitrogen and oxygen atoms in total. The summed E-state index contributed by atoms with van der Waals surface area (Å²) in [5.74, 6) is 0.331. The van der Waals surface area contributed by atoms with E-state index in [1.165, 1.54) is 5.56 Å². The van der Waals surface area contributed by atoms with Gasteiger partial charge in [-0.05, 0) is 57.2 Å². The van der Waals surface area contributed by atoms with Gasteiger partial charge in [-0.1, -0.05) is 66.2 Å². The lowest BCUT2D eigenvalue weighted by atomic mass is 9.87. The highest BCUT2D eigenvalue weighted by Gasteiger charge is 2.44. The van der Waals surface area contributed by atoms with Crippen LogP contribution in [0.5, 0.6) is 0 Å². The topological polar surface area (TPSA) is 65.4 Å². The van der Waals surface area contributed by atoms with Crippen LogP contribution in [0.25, 0.3) is 6.08 Å². The first-order chi connectivity index (χ1) is 16.7. The zero-order chi connectivity index (χ0) is 25.1. The minimum Gasteiger partial charge on any atom is -0.373 e. The highest BCUT2D eigenvalue weighted by atomic mass is 16.5. The van der Waals surface area contributed by atoms with Crippen LogP contribution in [0.15, 0.2) is 76.6 Å². The molecule has 1 aliphatic carbocycles. The number of carbonyl (C=O) groups excluding carboxylic acids is 1. The van der Waals surface area contributed by atoms with Gasteiger partial charge in [0.15, 0.2) is 0 Å². The monoisotopic (exact) mass is 473 g/mol. The van der Waals surface area contributed by atoms with Gasteiger partial charge in [0.05, 0.1) is 18.3 Å². The standard InChI is InChI=1S/C29H35N3O3/c1-19-11-13-23(14-12-19)15-20(2)22(4)30-27-21(3)28(33)32(29(34)31(27)5)25-16-26(17-25)35-18-24-9-7-6-8-10-24/h6-15,25-26,29,34H,16-18H2,1-5H3/b20-15-,30-22?. The minimum absolute atomic E-state index is 0.0505. The number of carbonyl (C=O) groups is 1. The Morgan fingerprint density at radius 3 is 2.40 bits per heavy atom. The molecule has 2 aliphatic rings. The highest BCUT2D eigenvalue weighted by Crippen LogP contribution is 2.35. The fourth-order valence-electron chi connectivity index (χ4n) is 4.43. The number of aliphatic hydroxyl groups is 1. The molecular weight excluding hydrogens is 438 g/mol. The van der Waals surface area contributed by atoms with E-state index in [1.54, 1.807) is 23.8 Å². The average molecular weight is 474 g/mol. The third-order valence-corrected chi connectivity index (χ3v) is 6.92. The molecule has 1 unspecified atom stereocenters. The Balaban J connectivity index is 1.43. The summed E-state index contributed by atoms with van der Waals surface area (Å²) in [4.78, 5) is 21.2. The van der Waals surface area contributed by atoms with Gasteiger partial charge in [-0.2, -0.15) is 0 Å². The molecule has 1 saturated carbocycles. The first kappa shape index (κ1) is 24.9. The van der Waals surface area contributed by atoms with Crippen LogP contribution in [0.3, 0.4) is 0 Å². The molecule has 0 bridgehead atoms. The van der Waals surface area contributed by atoms with Gasteiger partial charge in [-0.25, -0.2) is 4.99 Å². The second-order valence-corrected chi connectivity index (χ2v) is 9.60. The molecular formula is C29H35N3O3. The molecule has 1 heterocycles. The molecule has 0 aromatic heterocycles. The van der Waals surface area contributed by atoms with Crippen molar-refractivity contribution in [2.24, 2.45) is 4.99 Å². The van der Waals surface area contributed by atoms with E-state index in [2.05, 4.69) is 37.3 Å². The molecule has 35 heavy (non-hydrogen) atoms. The van der Waals surface area contributed by atoms with Crippen molar-refractivity contribution in [3.63, 3.8) is 0 Å². The van der Waals surface area contributed by atoms with Crippen LogP contribution in [0.2, 0.25) is 0 Å². The highest BCUT2D eigenvalue weighted by molar-refractivity contribution is 6.03. The quantitative estimate of drug-likeness (QED) is 0.582. The van der Waals surface area contributed by atoms with E-state index in [0.717, 1.165) is 22.4 Å². The largest absolute Gasteiger partial charge is 0.373 e. The van der Waals surface area contributed by atoms with Gasteiger partial charge in [-0.15, -0.1) is 0 Å². The molecule has 0 radical (unpaired) electrons. The van der Waals surface area contributed by atoms with E-state index in [-0.39, 0.29) is 18.1 Å². The summed E-state index contributed by atoms with van der Waals surface area (Å²) in [6, 6.07) is 18.3. The maximum absolute atomic E-state index is 13.2. The van der Waals surface area contributed by atoms with Gasteiger partial charge in [0.1, 0.15) is 5.82 Å². The summed E-state index contributed by atoms with van der Waals surface area (Å²) < 4.78 is 5.99. The van der Waals surface area contributed by atoms with Crippen molar-refractivity contribution in [1.82, 2.24) is 9.80 Å². The number of aryl methyl sites for hydroxylation is 1. The van der Waals surface area contributed by atoms with Crippen molar-refractivity contribution in [3.05, 3.63) is 88.3 Å². The fraction of sp³-hybridized carbons (Fsp3) is 0.379. The molecule has 1 aliphatic heterocycles. The Bertz CT molecular complexity index is 1150. The van der Waals surface area contributed by atoms with Crippen molar-refractivity contribution in [1.29, 1.82) is 0 Å². The average Bonchev–Trinajstić information content (AvgIpc) is 2.83. The second kappa shape index (κ2) is 10.6. The number of allylic oxidation sites excluding steroid dienone is 1. The summed E-state index contributed by atoms with van der Waals surface area (Å²) in [5, 5.41) is 11.0. The number of hydrogen-bond donors (Lipinski definition) is 1. The van der Waals surface area contributed by atoms with Crippen LogP contribution in [0.1, 0.15) is 50.3 Å². The predicted molar refractivity (Wildman–Crippen MR) is 139 cm³/mol. The van der Waals surface area contributed by atoms with Gasteiger partial charge in [0.2, 0.25) is 6.35 Å². The number of ether oxygens (including phenoxy) is 1. The lowest BCUT2D eigenvalue weighted by Gasteiger charge is -2.49. The van der Waals surface area contributed by atoms with Crippen molar-refractivity contribution >= 4 is 17.7 Å². The van der Waals surface area contributed by atoms with Gasteiger partial charge >= 0.3 is 0 Å². The molecule has 1 fully saturated rings. The molecule has 1 atom stereocenters. The van der Waals surface area contributed by atoms with Gasteiger partial charge in [-0.3, -0.25) is 9.69 Å². The molecule has 0 saturated heterocycles.